The van der Waals surface area contributed by atoms with Crippen molar-refractivity contribution in [2.24, 2.45) is 23.2 Å². The number of Topliss-reactive ketones (excluding diaryl/α,β-unsaturated/α-hetero) is 1. The highest BCUT2D eigenvalue weighted by Crippen LogP contribution is 2.59. The second-order valence-corrected chi connectivity index (χ2v) is 8.41. The topological polar surface area (TPSA) is 63.6 Å². The summed E-state index contributed by atoms with van der Waals surface area (Å²) in [5.74, 6) is -8.56. The fourth-order valence-electron chi connectivity index (χ4n) is 4.97. The predicted octanol–water partition coefficient (Wildman–Crippen LogP) is 3.36. The van der Waals surface area contributed by atoms with Crippen LogP contribution in [0.3, 0.4) is 0 Å². The molecule has 0 radical (unpaired) electrons. The Hall–Kier alpha value is -1.18. The molecular weight excluding hydrogens is 356 g/mol. The van der Waals surface area contributed by atoms with E-state index in [1.807, 2.05) is 0 Å². The standard InChI is InChI=1S/C18H24F4O4/c1-16(19,20)18(21,22)3-2-13(23)9-26-15(25)17-6-10-4-11(7-17)14(24)12(5-10)8-17/h10-13,23H,2-9H2,1H3. The zero-order valence-electron chi connectivity index (χ0n) is 14.7. The Morgan fingerprint density at radius 1 is 1.23 bits per heavy atom. The molecule has 0 aliphatic heterocycles. The number of halogens is 4. The summed E-state index contributed by atoms with van der Waals surface area (Å²) < 4.78 is 57.2. The van der Waals surface area contributed by atoms with Crippen LogP contribution in [0.5, 0.6) is 0 Å². The molecule has 4 aliphatic rings. The first-order valence-corrected chi connectivity index (χ1v) is 9.08. The molecule has 148 valence electrons. The van der Waals surface area contributed by atoms with E-state index in [0.29, 0.717) is 25.2 Å². The number of aliphatic hydroxyl groups excluding tert-OH is 1. The van der Waals surface area contributed by atoms with Crippen LogP contribution in [-0.4, -0.2) is 41.4 Å². The molecule has 8 heteroatoms. The lowest BCUT2D eigenvalue weighted by atomic mass is 9.49. The van der Waals surface area contributed by atoms with Crippen molar-refractivity contribution in [1.29, 1.82) is 0 Å². The summed E-state index contributed by atoms with van der Waals surface area (Å²) in [5, 5.41) is 9.74. The third kappa shape index (κ3) is 3.49. The molecule has 4 aliphatic carbocycles. The largest absolute Gasteiger partial charge is 0.463 e. The van der Waals surface area contributed by atoms with Crippen molar-refractivity contribution >= 4 is 11.8 Å². The Balaban J connectivity index is 1.51. The first-order chi connectivity index (χ1) is 11.9. The van der Waals surface area contributed by atoms with E-state index in [-0.39, 0.29) is 24.5 Å². The van der Waals surface area contributed by atoms with Crippen molar-refractivity contribution in [3.8, 4) is 0 Å². The van der Waals surface area contributed by atoms with Gasteiger partial charge >= 0.3 is 17.8 Å². The third-order valence-electron chi connectivity index (χ3n) is 6.27. The van der Waals surface area contributed by atoms with Crippen molar-refractivity contribution < 1.29 is 37.0 Å². The molecular formula is C18H24F4O4. The van der Waals surface area contributed by atoms with Crippen molar-refractivity contribution in [3.63, 3.8) is 0 Å². The molecule has 0 heterocycles. The molecule has 4 fully saturated rings. The number of ketones is 1. The molecule has 4 saturated carbocycles. The van der Waals surface area contributed by atoms with Gasteiger partial charge in [0.05, 0.1) is 11.5 Å². The van der Waals surface area contributed by atoms with Crippen LogP contribution in [0.15, 0.2) is 0 Å². The number of aliphatic hydroxyl groups is 1. The van der Waals surface area contributed by atoms with Crippen molar-refractivity contribution in [1.82, 2.24) is 0 Å². The summed E-state index contributed by atoms with van der Waals surface area (Å²) in [6.45, 7) is -0.367. The van der Waals surface area contributed by atoms with Crippen LogP contribution in [0, 0.1) is 23.2 Å². The minimum absolute atomic E-state index is 0.107. The lowest BCUT2D eigenvalue weighted by Crippen LogP contribution is -2.55. The maximum Gasteiger partial charge on any atom is 0.312 e. The Morgan fingerprint density at radius 2 is 1.81 bits per heavy atom. The average molecular weight is 380 g/mol. The molecule has 0 spiro atoms. The SMILES string of the molecule is CC(F)(F)C(F)(F)CCC(O)COC(=O)C12CC3CC(C1)C(=O)C(C3)C2. The molecule has 3 atom stereocenters. The third-order valence-corrected chi connectivity index (χ3v) is 6.27. The zero-order chi connectivity index (χ0) is 19.3. The van der Waals surface area contributed by atoms with Crippen LogP contribution < -0.4 is 0 Å². The average Bonchev–Trinajstić information content (AvgIpc) is 2.53. The first-order valence-electron chi connectivity index (χ1n) is 9.08. The van der Waals surface area contributed by atoms with E-state index in [1.54, 1.807) is 0 Å². The number of carbonyl (C=O) groups excluding carboxylic acids is 2. The summed E-state index contributed by atoms with van der Waals surface area (Å²) in [4.78, 5) is 24.7. The van der Waals surface area contributed by atoms with Crippen LogP contribution in [0.4, 0.5) is 17.6 Å². The van der Waals surface area contributed by atoms with Gasteiger partial charge in [0.25, 0.3) is 0 Å². The number of rotatable bonds is 7. The van der Waals surface area contributed by atoms with E-state index in [4.69, 9.17) is 4.74 Å². The Kier molecular flexibility index (Phi) is 4.86. The Labute approximate surface area is 149 Å². The van der Waals surface area contributed by atoms with E-state index in [9.17, 15) is 32.3 Å². The van der Waals surface area contributed by atoms with Crippen LogP contribution in [0.1, 0.15) is 51.9 Å². The van der Waals surface area contributed by atoms with Crippen molar-refractivity contribution in [2.75, 3.05) is 6.61 Å². The van der Waals surface area contributed by atoms with Gasteiger partial charge < -0.3 is 9.84 Å². The highest BCUT2D eigenvalue weighted by Gasteiger charge is 2.59. The summed E-state index contributed by atoms with van der Waals surface area (Å²) >= 11 is 0. The van der Waals surface area contributed by atoms with Crippen molar-refractivity contribution in [3.05, 3.63) is 0 Å². The lowest BCUT2D eigenvalue weighted by Gasteiger charge is -2.53. The fourth-order valence-corrected chi connectivity index (χ4v) is 4.97. The monoisotopic (exact) mass is 380 g/mol. The number of esters is 1. The normalized spacial score (nSPS) is 34.8. The van der Waals surface area contributed by atoms with E-state index < -0.39 is 48.8 Å². The van der Waals surface area contributed by atoms with E-state index >= 15 is 0 Å². The van der Waals surface area contributed by atoms with E-state index in [1.165, 1.54) is 0 Å². The molecule has 1 N–H and O–H groups in total. The Morgan fingerprint density at radius 3 is 2.35 bits per heavy atom. The van der Waals surface area contributed by atoms with Crippen LogP contribution in [-0.2, 0) is 14.3 Å². The number of alkyl halides is 4. The number of ether oxygens (including phenoxy) is 1. The highest BCUT2D eigenvalue weighted by molar-refractivity contribution is 5.89. The molecule has 4 nitrogen and oxygen atoms in total. The van der Waals surface area contributed by atoms with Crippen LogP contribution >= 0.6 is 0 Å². The molecule has 0 aromatic heterocycles. The maximum absolute atomic E-state index is 13.2. The second-order valence-electron chi connectivity index (χ2n) is 8.41. The summed E-state index contributed by atoms with van der Waals surface area (Å²) in [5.41, 5.74) is -0.718. The minimum Gasteiger partial charge on any atom is -0.463 e. The summed E-state index contributed by atoms with van der Waals surface area (Å²) in [6.07, 6.45) is -0.0303. The van der Waals surface area contributed by atoms with Gasteiger partial charge in [-0.25, -0.2) is 8.78 Å². The molecule has 0 aromatic carbocycles. The number of hydrogen-bond donors (Lipinski definition) is 1. The molecule has 0 aromatic rings. The quantitative estimate of drug-likeness (QED) is 0.543. The number of carbonyl (C=O) groups is 2. The molecule has 0 saturated heterocycles. The van der Waals surface area contributed by atoms with Gasteiger partial charge in [0.1, 0.15) is 12.4 Å². The smallest absolute Gasteiger partial charge is 0.312 e. The molecule has 4 bridgehead atoms. The first kappa shape index (κ1) is 19.6. The Bertz CT molecular complexity index is 568. The van der Waals surface area contributed by atoms with Crippen LogP contribution in [0.2, 0.25) is 0 Å². The zero-order valence-corrected chi connectivity index (χ0v) is 14.7. The van der Waals surface area contributed by atoms with E-state index in [0.717, 1.165) is 12.8 Å². The number of hydrogen-bond acceptors (Lipinski definition) is 4. The second kappa shape index (κ2) is 6.46. The maximum atomic E-state index is 13.2. The lowest BCUT2D eigenvalue weighted by molar-refractivity contribution is -0.204. The molecule has 0 amide bonds. The van der Waals surface area contributed by atoms with Gasteiger partial charge in [0, 0.05) is 25.2 Å². The highest BCUT2D eigenvalue weighted by atomic mass is 19.3. The van der Waals surface area contributed by atoms with Gasteiger partial charge in [0.15, 0.2) is 0 Å². The molecule has 4 rings (SSSR count). The summed E-state index contributed by atoms with van der Waals surface area (Å²) in [7, 11) is 0. The van der Waals surface area contributed by atoms with Gasteiger partial charge in [-0.15, -0.1) is 0 Å². The minimum atomic E-state index is -4.22. The molecule has 26 heavy (non-hydrogen) atoms. The van der Waals surface area contributed by atoms with E-state index in [2.05, 4.69) is 0 Å². The summed E-state index contributed by atoms with van der Waals surface area (Å²) in [6, 6.07) is 0. The van der Waals surface area contributed by atoms with Crippen molar-refractivity contribution in [2.45, 2.75) is 69.8 Å². The fraction of sp³-hybridized carbons (Fsp3) is 0.889. The van der Waals surface area contributed by atoms with Crippen LogP contribution in [0.25, 0.3) is 0 Å². The van der Waals surface area contributed by atoms with Gasteiger partial charge in [0.2, 0.25) is 0 Å². The predicted molar refractivity (Wildman–Crippen MR) is 82.8 cm³/mol. The van der Waals surface area contributed by atoms with Gasteiger partial charge in [-0.2, -0.15) is 8.78 Å². The van der Waals surface area contributed by atoms with Gasteiger partial charge in [-0.1, -0.05) is 0 Å². The van der Waals surface area contributed by atoms with Gasteiger partial charge in [-0.3, -0.25) is 9.59 Å². The molecule has 3 unspecified atom stereocenters. The van der Waals surface area contributed by atoms with Gasteiger partial charge in [-0.05, 0) is 44.4 Å².